The van der Waals surface area contributed by atoms with Crippen LogP contribution in [0.15, 0.2) is 204 Å². The topological polar surface area (TPSA) is 43.7 Å². The third-order valence-electron chi connectivity index (χ3n) is 8.36. The summed E-state index contributed by atoms with van der Waals surface area (Å²) in [7, 11) is 0. The van der Waals surface area contributed by atoms with Gasteiger partial charge in [0.15, 0.2) is 0 Å². The van der Waals surface area contributed by atoms with Crippen LogP contribution in [0.25, 0.3) is 0 Å². The molecule has 0 atom stereocenters. The number of nitrogens with zero attached hydrogens (tertiary/aromatic N) is 5. The van der Waals surface area contributed by atoms with Crippen molar-refractivity contribution in [3.63, 3.8) is 0 Å². The third-order valence-corrected chi connectivity index (χ3v) is 8.36. The van der Waals surface area contributed by atoms with E-state index in [0.29, 0.717) is 6.61 Å². The van der Waals surface area contributed by atoms with Gasteiger partial charge >= 0.3 is 0 Å². The van der Waals surface area contributed by atoms with Crippen LogP contribution < -0.4 is 19.7 Å². The van der Waals surface area contributed by atoms with Crippen molar-refractivity contribution in [2.24, 2.45) is 10.2 Å². The summed E-state index contributed by atoms with van der Waals surface area (Å²) in [5.41, 5.74) is 8.99. The average Bonchev–Trinajstić information content (AvgIpc) is 3.22. The Labute approximate surface area is 305 Å². The van der Waals surface area contributed by atoms with Crippen LogP contribution in [0.5, 0.6) is 5.75 Å². The molecule has 0 amide bonds. The lowest BCUT2D eigenvalue weighted by Crippen LogP contribution is -2.11. The van der Waals surface area contributed by atoms with E-state index in [0.717, 1.165) is 56.7 Å². The highest BCUT2D eigenvalue weighted by atomic mass is 16.5. The molecule has 7 aromatic rings. The number of hydrazone groups is 2. The molecule has 7 rings (SSSR count). The first kappa shape index (κ1) is 33.6. The molecule has 0 saturated carbocycles. The van der Waals surface area contributed by atoms with Crippen molar-refractivity contribution >= 4 is 52.2 Å². The van der Waals surface area contributed by atoms with Crippen LogP contribution in [0.3, 0.4) is 0 Å². The maximum Gasteiger partial charge on any atom is 0.119 e. The largest absolute Gasteiger partial charge is 0.494 e. The number of anilines is 7. The maximum atomic E-state index is 5.75. The molecule has 0 aromatic heterocycles. The van der Waals surface area contributed by atoms with Crippen molar-refractivity contribution < 1.29 is 4.74 Å². The number of hydrogen-bond acceptors (Lipinski definition) is 6. The molecule has 254 valence electrons. The van der Waals surface area contributed by atoms with Crippen LogP contribution in [0.1, 0.15) is 18.1 Å². The zero-order chi connectivity index (χ0) is 35.4. The van der Waals surface area contributed by atoms with Crippen LogP contribution in [0.2, 0.25) is 0 Å². The van der Waals surface area contributed by atoms with E-state index in [4.69, 9.17) is 14.9 Å². The van der Waals surface area contributed by atoms with Crippen LogP contribution in [0.4, 0.5) is 39.8 Å². The molecule has 0 fully saturated rings. The second-order valence-corrected chi connectivity index (χ2v) is 11.9. The molecule has 0 N–H and O–H groups in total. The number of hydrogen-bond donors (Lipinski definition) is 0. The van der Waals surface area contributed by atoms with Gasteiger partial charge in [-0.1, -0.05) is 97.1 Å². The smallest absolute Gasteiger partial charge is 0.119 e. The average molecular weight is 678 g/mol. The first-order valence-corrected chi connectivity index (χ1v) is 17.4. The number of para-hydroxylation sites is 4. The molecule has 0 aliphatic carbocycles. The predicted octanol–water partition coefficient (Wildman–Crippen LogP) is 11.9. The molecular formula is C46H39N5O. The normalized spacial score (nSPS) is 11.1. The summed E-state index contributed by atoms with van der Waals surface area (Å²) in [5, 5.41) is 13.7. The summed E-state index contributed by atoms with van der Waals surface area (Å²) in [6, 6.07) is 65.8. The van der Waals surface area contributed by atoms with Crippen LogP contribution >= 0.6 is 0 Å². The van der Waals surface area contributed by atoms with Crippen molar-refractivity contribution in [3.05, 3.63) is 205 Å². The van der Waals surface area contributed by atoms with E-state index in [1.165, 1.54) is 0 Å². The molecule has 0 unspecified atom stereocenters. The minimum absolute atomic E-state index is 0.618. The van der Waals surface area contributed by atoms with Crippen molar-refractivity contribution in [1.82, 2.24) is 0 Å². The zero-order valence-electron chi connectivity index (χ0n) is 29.0. The molecule has 0 aliphatic rings. The van der Waals surface area contributed by atoms with Gasteiger partial charge in [0.1, 0.15) is 5.75 Å². The van der Waals surface area contributed by atoms with Crippen molar-refractivity contribution in [2.45, 2.75) is 6.92 Å². The highest BCUT2D eigenvalue weighted by Gasteiger charge is 2.14. The molecule has 0 aliphatic heterocycles. The van der Waals surface area contributed by atoms with Gasteiger partial charge in [0.05, 0.1) is 41.8 Å². The maximum absolute atomic E-state index is 5.75. The van der Waals surface area contributed by atoms with Gasteiger partial charge in [-0.3, -0.25) is 0 Å². The van der Waals surface area contributed by atoms with Gasteiger partial charge < -0.3 is 9.64 Å². The Morgan fingerprint density at radius 1 is 0.385 bits per heavy atom. The molecule has 0 heterocycles. The molecule has 7 aromatic carbocycles. The zero-order valence-corrected chi connectivity index (χ0v) is 29.0. The lowest BCUT2D eigenvalue weighted by atomic mass is 10.1. The molecule has 6 heteroatoms. The fourth-order valence-electron chi connectivity index (χ4n) is 5.81. The first-order valence-electron chi connectivity index (χ1n) is 17.4. The van der Waals surface area contributed by atoms with Crippen LogP contribution in [-0.4, -0.2) is 19.0 Å². The second-order valence-electron chi connectivity index (χ2n) is 11.9. The Hall–Kier alpha value is -6.92. The second kappa shape index (κ2) is 16.7. The van der Waals surface area contributed by atoms with Crippen molar-refractivity contribution in [1.29, 1.82) is 0 Å². The molecule has 52 heavy (non-hydrogen) atoms. The van der Waals surface area contributed by atoms with E-state index in [-0.39, 0.29) is 0 Å². The van der Waals surface area contributed by atoms with Gasteiger partial charge in [-0.15, -0.1) is 0 Å². The number of rotatable bonds is 13. The fraction of sp³-hybridized carbons (Fsp3) is 0.0435. The van der Waals surface area contributed by atoms with Crippen LogP contribution in [0, 0.1) is 0 Å². The monoisotopic (exact) mass is 677 g/mol. The highest BCUT2D eigenvalue weighted by molar-refractivity contribution is 5.86. The van der Waals surface area contributed by atoms with E-state index < -0.39 is 0 Å². The summed E-state index contributed by atoms with van der Waals surface area (Å²) in [5.74, 6) is 0.840. The van der Waals surface area contributed by atoms with Crippen LogP contribution in [-0.2, 0) is 0 Å². The van der Waals surface area contributed by atoms with E-state index in [2.05, 4.69) is 114 Å². The summed E-state index contributed by atoms with van der Waals surface area (Å²) in [4.78, 5) is 2.23. The summed E-state index contributed by atoms with van der Waals surface area (Å²) in [6.45, 7) is 2.61. The Balaban J connectivity index is 1.17. The Morgan fingerprint density at radius 3 is 1.00 bits per heavy atom. The summed E-state index contributed by atoms with van der Waals surface area (Å²) < 4.78 is 5.75. The summed E-state index contributed by atoms with van der Waals surface area (Å²) in [6.07, 6.45) is 3.79. The lowest BCUT2D eigenvalue weighted by Gasteiger charge is -2.26. The van der Waals surface area contributed by atoms with Gasteiger partial charge in [-0.05, 0) is 115 Å². The Morgan fingerprint density at radius 2 is 0.692 bits per heavy atom. The number of ether oxygens (including phenoxy) is 1. The molecular weight excluding hydrogens is 639 g/mol. The lowest BCUT2D eigenvalue weighted by molar-refractivity contribution is 0.340. The van der Waals surface area contributed by atoms with E-state index in [9.17, 15) is 0 Å². The van der Waals surface area contributed by atoms with Gasteiger partial charge in [0, 0.05) is 17.1 Å². The Bertz CT molecular complexity index is 1960. The van der Waals surface area contributed by atoms with Gasteiger partial charge in [0.2, 0.25) is 0 Å². The SMILES string of the molecule is CCOc1ccc(N(c2ccc(/C=N/N(c3ccccc3)c3ccccc3)cc2)c2ccc(/C=N/N(c3ccccc3)c3ccccc3)cc2)cc1. The number of benzene rings is 7. The van der Waals surface area contributed by atoms with E-state index in [1.807, 2.05) is 114 Å². The van der Waals surface area contributed by atoms with Gasteiger partial charge in [0.25, 0.3) is 0 Å². The predicted molar refractivity (Wildman–Crippen MR) is 218 cm³/mol. The molecule has 0 bridgehead atoms. The molecule has 0 spiro atoms. The van der Waals surface area contributed by atoms with Gasteiger partial charge in [-0.2, -0.15) is 10.2 Å². The molecule has 0 radical (unpaired) electrons. The third kappa shape index (κ3) is 8.26. The van der Waals surface area contributed by atoms with Gasteiger partial charge in [-0.25, -0.2) is 10.0 Å². The van der Waals surface area contributed by atoms with E-state index >= 15 is 0 Å². The quantitative estimate of drug-likeness (QED) is 0.0900. The fourth-order valence-corrected chi connectivity index (χ4v) is 5.81. The summed E-state index contributed by atoms with van der Waals surface area (Å²) >= 11 is 0. The first-order chi connectivity index (χ1) is 25.7. The Kier molecular flexibility index (Phi) is 10.8. The minimum atomic E-state index is 0.618. The minimum Gasteiger partial charge on any atom is -0.494 e. The standard InChI is InChI=1S/C46H39N5O/c1-2-52-46-33-31-41(32-34-46)49(39-27-23-37(24-28-39)35-47-50(42-15-7-3-8-16-42)43-17-9-4-10-18-43)40-29-25-38(26-30-40)36-48-51(44-19-11-5-12-20-44)45-21-13-6-14-22-45/h3-36H,2H2,1H3/b47-35+,48-36+. The molecule has 6 nitrogen and oxygen atoms in total. The molecule has 0 saturated heterocycles. The van der Waals surface area contributed by atoms with Crippen molar-refractivity contribution in [2.75, 3.05) is 21.5 Å². The van der Waals surface area contributed by atoms with Crippen molar-refractivity contribution in [3.8, 4) is 5.75 Å². The highest BCUT2D eigenvalue weighted by Crippen LogP contribution is 2.36. The van der Waals surface area contributed by atoms with E-state index in [1.54, 1.807) is 0 Å².